The number of sulfone groups is 2. The number of aryl methyl sites for hydroxylation is 2. The summed E-state index contributed by atoms with van der Waals surface area (Å²) in [5.41, 5.74) is 11.9. The third kappa shape index (κ3) is 4.00. The van der Waals surface area contributed by atoms with Crippen LogP contribution in [0.2, 0.25) is 0 Å². The van der Waals surface area contributed by atoms with Gasteiger partial charge in [0.15, 0.2) is 11.6 Å². The minimum absolute atomic E-state index is 0.0679. The SMILES string of the molecule is Cc1ccc(S(=O)(=O)c2cccc3c2C(=O)c2c(N)c(Br)c(N)c(S(=O)(=O)c4ccc(C)cc4)c2C3=O)cc1. The number of nitrogens with two attached hydrogens (primary N) is 2. The molecule has 0 radical (unpaired) electrons. The number of hydrogen-bond acceptors (Lipinski definition) is 8. The summed E-state index contributed by atoms with van der Waals surface area (Å²) >= 11 is 3.18. The topological polar surface area (TPSA) is 154 Å². The highest BCUT2D eigenvalue weighted by atomic mass is 79.9. The summed E-state index contributed by atoms with van der Waals surface area (Å²) in [7, 11) is -8.65. The molecule has 4 aromatic rings. The number of carbonyl (C=O) groups excluding carboxylic acids is 2. The molecule has 0 spiro atoms. The fraction of sp³-hybridized carbons (Fsp3) is 0.0714. The lowest BCUT2D eigenvalue weighted by Gasteiger charge is -2.25. The first-order valence-corrected chi connectivity index (χ1v) is 15.3. The number of halogens is 1. The molecule has 0 aromatic heterocycles. The Morgan fingerprint density at radius 1 is 0.615 bits per heavy atom. The lowest BCUT2D eigenvalue weighted by molar-refractivity contribution is 0.0975. The second-order valence-corrected chi connectivity index (χ2v) is 13.8. The van der Waals surface area contributed by atoms with Crippen molar-refractivity contribution in [2.24, 2.45) is 0 Å². The molecule has 39 heavy (non-hydrogen) atoms. The number of fused-ring (bicyclic) bond motifs is 2. The van der Waals surface area contributed by atoms with E-state index in [2.05, 4.69) is 15.9 Å². The van der Waals surface area contributed by atoms with Gasteiger partial charge in [0.25, 0.3) is 0 Å². The van der Waals surface area contributed by atoms with Gasteiger partial charge in [0, 0.05) is 5.56 Å². The van der Waals surface area contributed by atoms with Gasteiger partial charge in [0.1, 0.15) is 4.90 Å². The van der Waals surface area contributed by atoms with Crippen molar-refractivity contribution in [3.63, 3.8) is 0 Å². The van der Waals surface area contributed by atoms with Crippen molar-refractivity contribution in [1.82, 2.24) is 0 Å². The van der Waals surface area contributed by atoms with E-state index in [4.69, 9.17) is 11.5 Å². The summed E-state index contributed by atoms with van der Waals surface area (Å²) < 4.78 is 54.7. The number of ketones is 2. The molecule has 4 N–H and O–H groups in total. The molecule has 1 aliphatic carbocycles. The lowest BCUT2D eigenvalue weighted by Crippen LogP contribution is -2.28. The Kier molecular flexibility index (Phi) is 6.28. The molecule has 11 heteroatoms. The Hall–Kier alpha value is -3.80. The average Bonchev–Trinajstić information content (AvgIpc) is 2.90. The van der Waals surface area contributed by atoms with Crippen molar-refractivity contribution in [3.05, 3.63) is 105 Å². The Morgan fingerprint density at radius 3 is 1.67 bits per heavy atom. The standard InChI is InChI=1S/C28H21BrN2O6S2/c1-14-6-10-16(11-7-14)38(34,35)19-5-3-4-18-20(19)27(33)21-22(26(18)32)28(25(31)23(29)24(21)30)39(36,37)17-12-8-15(2)9-13-17/h3-13H,30-31H2,1-2H3. The Bertz CT molecular complexity index is 1950. The van der Waals surface area contributed by atoms with Gasteiger partial charge in [0.2, 0.25) is 19.7 Å². The zero-order chi connectivity index (χ0) is 28.4. The summed E-state index contributed by atoms with van der Waals surface area (Å²) in [5, 5.41) is 0. The second kappa shape index (κ2) is 9.15. The predicted molar refractivity (Wildman–Crippen MR) is 150 cm³/mol. The first-order valence-electron chi connectivity index (χ1n) is 11.5. The van der Waals surface area contributed by atoms with Gasteiger partial charge in [0.05, 0.1) is 47.2 Å². The van der Waals surface area contributed by atoms with E-state index in [-0.39, 0.29) is 41.7 Å². The molecule has 198 valence electrons. The fourth-order valence-corrected chi connectivity index (χ4v) is 8.18. The third-order valence-electron chi connectivity index (χ3n) is 6.64. The molecule has 0 bridgehead atoms. The zero-order valence-corrected chi connectivity index (χ0v) is 23.9. The Labute approximate surface area is 233 Å². The molecule has 4 aromatic carbocycles. The Morgan fingerprint density at radius 2 is 1.13 bits per heavy atom. The normalized spacial score (nSPS) is 13.2. The van der Waals surface area contributed by atoms with Gasteiger partial charge in [-0.15, -0.1) is 0 Å². The van der Waals surface area contributed by atoms with E-state index < -0.39 is 47.3 Å². The van der Waals surface area contributed by atoms with E-state index in [0.717, 1.165) is 11.1 Å². The monoisotopic (exact) mass is 624 g/mol. The smallest absolute Gasteiger partial charge is 0.209 e. The fourth-order valence-electron chi connectivity index (χ4n) is 4.59. The van der Waals surface area contributed by atoms with Crippen LogP contribution < -0.4 is 11.5 Å². The van der Waals surface area contributed by atoms with Crippen molar-refractivity contribution in [2.45, 2.75) is 33.4 Å². The van der Waals surface area contributed by atoms with E-state index in [9.17, 15) is 26.4 Å². The highest BCUT2D eigenvalue weighted by Gasteiger charge is 2.42. The largest absolute Gasteiger partial charge is 0.397 e. The van der Waals surface area contributed by atoms with Crippen LogP contribution in [0, 0.1) is 13.8 Å². The second-order valence-electron chi connectivity index (χ2n) is 9.19. The van der Waals surface area contributed by atoms with Crippen LogP contribution in [0.15, 0.2) is 90.8 Å². The van der Waals surface area contributed by atoms with Crippen molar-refractivity contribution in [2.75, 3.05) is 11.5 Å². The van der Waals surface area contributed by atoms with Gasteiger partial charge in [-0.05, 0) is 60.1 Å². The summed E-state index contributed by atoms with van der Waals surface area (Å²) in [6.45, 7) is 3.59. The molecule has 0 heterocycles. The van der Waals surface area contributed by atoms with E-state index in [1.165, 1.54) is 42.5 Å². The van der Waals surface area contributed by atoms with E-state index in [1.807, 2.05) is 0 Å². The molecule has 0 amide bonds. The van der Waals surface area contributed by atoms with Crippen LogP contribution in [-0.2, 0) is 19.7 Å². The maximum absolute atomic E-state index is 14.0. The maximum Gasteiger partial charge on any atom is 0.209 e. The Balaban J connectivity index is 1.82. The van der Waals surface area contributed by atoms with Gasteiger partial charge in [-0.2, -0.15) is 0 Å². The number of carbonyl (C=O) groups is 2. The molecule has 0 atom stereocenters. The molecule has 0 saturated carbocycles. The van der Waals surface area contributed by atoms with Gasteiger partial charge in [-0.25, -0.2) is 16.8 Å². The van der Waals surface area contributed by atoms with E-state index in [0.29, 0.717) is 0 Å². The number of rotatable bonds is 4. The van der Waals surface area contributed by atoms with Crippen molar-refractivity contribution in [1.29, 1.82) is 0 Å². The molecule has 0 saturated heterocycles. The molecule has 0 fully saturated rings. The number of nitrogen functional groups attached to an aromatic ring is 2. The third-order valence-corrected chi connectivity index (χ3v) is 11.2. The van der Waals surface area contributed by atoms with Gasteiger partial charge >= 0.3 is 0 Å². The highest BCUT2D eigenvalue weighted by molar-refractivity contribution is 9.10. The van der Waals surface area contributed by atoms with Crippen molar-refractivity contribution in [3.8, 4) is 0 Å². The molecular formula is C28H21BrN2O6S2. The van der Waals surface area contributed by atoms with Gasteiger partial charge < -0.3 is 11.5 Å². The summed E-state index contributed by atoms with van der Waals surface area (Å²) in [4.78, 5) is 26.8. The molecule has 1 aliphatic rings. The molecule has 8 nitrogen and oxygen atoms in total. The number of anilines is 2. The van der Waals surface area contributed by atoms with Crippen LogP contribution >= 0.6 is 15.9 Å². The molecule has 5 rings (SSSR count). The minimum atomic E-state index is -4.41. The summed E-state index contributed by atoms with van der Waals surface area (Å²) in [6.07, 6.45) is 0. The minimum Gasteiger partial charge on any atom is -0.397 e. The first-order chi connectivity index (χ1) is 18.3. The lowest BCUT2D eigenvalue weighted by atomic mass is 9.83. The van der Waals surface area contributed by atoms with Gasteiger partial charge in [-0.3, -0.25) is 9.59 Å². The van der Waals surface area contributed by atoms with Crippen LogP contribution in [0.5, 0.6) is 0 Å². The van der Waals surface area contributed by atoms with Crippen molar-refractivity contribution >= 4 is 58.5 Å². The van der Waals surface area contributed by atoms with Gasteiger partial charge in [-0.1, -0.05) is 47.5 Å². The number of hydrogen-bond donors (Lipinski definition) is 2. The van der Waals surface area contributed by atoms with E-state index in [1.54, 1.807) is 38.1 Å². The summed E-state index contributed by atoms with van der Waals surface area (Å²) in [5.74, 6) is -1.78. The van der Waals surface area contributed by atoms with E-state index >= 15 is 0 Å². The van der Waals surface area contributed by atoms with Crippen molar-refractivity contribution < 1.29 is 26.4 Å². The average molecular weight is 626 g/mol. The molecule has 0 unspecified atom stereocenters. The maximum atomic E-state index is 14.0. The molecular weight excluding hydrogens is 604 g/mol. The van der Waals surface area contributed by atoms with Crippen LogP contribution in [0.3, 0.4) is 0 Å². The van der Waals surface area contributed by atoms with Crippen LogP contribution in [0.4, 0.5) is 11.4 Å². The molecule has 0 aliphatic heterocycles. The number of benzene rings is 4. The summed E-state index contributed by atoms with van der Waals surface area (Å²) in [6, 6.07) is 15.8. The van der Waals surface area contributed by atoms with Crippen LogP contribution in [0.1, 0.15) is 43.0 Å². The predicted octanol–water partition coefficient (Wildman–Crippen LogP) is 4.67. The first kappa shape index (κ1) is 26.8. The van der Waals surface area contributed by atoms with Crippen LogP contribution in [-0.4, -0.2) is 28.4 Å². The zero-order valence-electron chi connectivity index (χ0n) is 20.6. The highest BCUT2D eigenvalue weighted by Crippen LogP contribution is 2.46. The quantitative estimate of drug-likeness (QED) is 0.273. The van der Waals surface area contributed by atoms with Crippen LogP contribution in [0.25, 0.3) is 0 Å².